The lowest BCUT2D eigenvalue weighted by Crippen LogP contribution is -2.46. The largest absolute Gasteiger partial charge is 0.481 e. The number of carbonyl (C=O) groups excluding carboxylic acids is 1. The molecule has 0 aliphatic carbocycles. The van der Waals surface area contributed by atoms with E-state index in [0.29, 0.717) is 19.0 Å². The topological polar surface area (TPSA) is 72.9 Å². The number of likely N-dealkylation sites (N-methyl/N-ethyl adjacent to an activating group) is 2. The monoisotopic (exact) mass is 271 g/mol. The molecule has 110 valence electrons. The Kier molecular flexibility index (Phi) is 6.08. The number of nitrogens with one attached hydrogen (secondary N) is 1. The molecule has 0 spiro atoms. The van der Waals surface area contributed by atoms with Gasteiger partial charge in [0.2, 0.25) is 0 Å². The van der Waals surface area contributed by atoms with Crippen LogP contribution in [0.25, 0.3) is 0 Å². The van der Waals surface area contributed by atoms with Crippen molar-refractivity contribution in [2.75, 3.05) is 27.2 Å². The number of hydrogen-bond acceptors (Lipinski definition) is 3. The number of urea groups is 1. The van der Waals surface area contributed by atoms with E-state index in [1.807, 2.05) is 6.92 Å². The molecule has 2 unspecified atom stereocenters. The highest BCUT2D eigenvalue weighted by atomic mass is 16.4. The average Bonchev–Trinajstić information content (AvgIpc) is 2.72. The fraction of sp³-hybridized carbons (Fsp3) is 0.846. The van der Waals surface area contributed by atoms with E-state index in [9.17, 15) is 9.59 Å². The Hall–Kier alpha value is -1.30. The van der Waals surface area contributed by atoms with Gasteiger partial charge in [0.15, 0.2) is 0 Å². The van der Waals surface area contributed by atoms with E-state index in [1.54, 1.807) is 11.9 Å². The van der Waals surface area contributed by atoms with Crippen LogP contribution in [-0.2, 0) is 4.79 Å². The molecular formula is C13H25N3O3. The number of rotatable bonds is 6. The van der Waals surface area contributed by atoms with Crippen molar-refractivity contribution >= 4 is 12.0 Å². The summed E-state index contributed by atoms with van der Waals surface area (Å²) < 4.78 is 0. The van der Waals surface area contributed by atoms with E-state index in [0.717, 1.165) is 13.0 Å². The van der Waals surface area contributed by atoms with Crippen molar-refractivity contribution in [3.8, 4) is 0 Å². The van der Waals surface area contributed by atoms with Crippen LogP contribution in [0, 0.1) is 0 Å². The van der Waals surface area contributed by atoms with E-state index < -0.39 is 5.97 Å². The Morgan fingerprint density at radius 2 is 2.21 bits per heavy atom. The first-order chi connectivity index (χ1) is 8.90. The summed E-state index contributed by atoms with van der Waals surface area (Å²) in [4.78, 5) is 26.4. The van der Waals surface area contributed by atoms with Crippen molar-refractivity contribution < 1.29 is 14.7 Å². The Morgan fingerprint density at radius 1 is 1.53 bits per heavy atom. The van der Waals surface area contributed by atoms with Crippen LogP contribution in [0.3, 0.4) is 0 Å². The first-order valence-electron chi connectivity index (χ1n) is 6.83. The maximum Gasteiger partial charge on any atom is 0.317 e. The van der Waals surface area contributed by atoms with E-state index in [2.05, 4.69) is 17.3 Å². The number of likely N-dealkylation sites (tertiary alicyclic amines) is 1. The number of carboxylic acids is 1. The summed E-state index contributed by atoms with van der Waals surface area (Å²) >= 11 is 0. The minimum absolute atomic E-state index is 0.0799. The Balaban J connectivity index is 2.29. The molecule has 1 saturated heterocycles. The normalized spacial score (nSPS) is 21.1. The molecule has 0 aromatic carbocycles. The molecule has 1 heterocycles. The third-order valence-corrected chi connectivity index (χ3v) is 3.66. The maximum atomic E-state index is 11.9. The molecule has 6 nitrogen and oxygen atoms in total. The first kappa shape index (κ1) is 15.8. The number of carboxylic acid groups (broad SMARTS) is 1. The fourth-order valence-electron chi connectivity index (χ4n) is 2.34. The molecular weight excluding hydrogens is 246 g/mol. The molecule has 0 aromatic heterocycles. The van der Waals surface area contributed by atoms with Gasteiger partial charge in [-0.25, -0.2) is 4.79 Å². The lowest BCUT2D eigenvalue weighted by molar-refractivity contribution is -0.137. The highest BCUT2D eigenvalue weighted by molar-refractivity contribution is 5.74. The number of nitrogens with zero attached hydrogens (tertiary/aromatic N) is 2. The van der Waals surface area contributed by atoms with Gasteiger partial charge in [-0.2, -0.15) is 0 Å². The zero-order valence-electron chi connectivity index (χ0n) is 12.1. The summed E-state index contributed by atoms with van der Waals surface area (Å²) in [5.41, 5.74) is 0. The number of carbonyl (C=O) groups is 2. The van der Waals surface area contributed by atoms with Crippen molar-refractivity contribution in [1.29, 1.82) is 0 Å². The number of amides is 2. The Morgan fingerprint density at radius 3 is 2.74 bits per heavy atom. The van der Waals surface area contributed by atoms with Crippen molar-refractivity contribution in [1.82, 2.24) is 15.1 Å². The molecule has 2 N–H and O–H groups in total. The van der Waals surface area contributed by atoms with E-state index in [1.165, 1.54) is 6.42 Å². The third kappa shape index (κ3) is 5.46. The zero-order chi connectivity index (χ0) is 14.4. The van der Waals surface area contributed by atoms with Crippen molar-refractivity contribution in [3.63, 3.8) is 0 Å². The second-order valence-electron chi connectivity index (χ2n) is 5.44. The number of hydrogen-bond donors (Lipinski definition) is 2. The highest BCUT2D eigenvalue weighted by Gasteiger charge is 2.24. The molecule has 1 aliphatic heterocycles. The van der Waals surface area contributed by atoms with Crippen LogP contribution in [-0.4, -0.2) is 66.2 Å². The maximum absolute atomic E-state index is 11.9. The summed E-state index contributed by atoms with van der Waals surface area (Å²) in [6.45, 7) is 3.64. The molecule has 0 aromatic rings. The molecule has 1 fully saturated rings. The van der Waals surface area contributed by atoms with Crippen LogP contribution < -0.4 is 5.32 Å². The second-order valence-corrected chi connectivity index (χ2v) is 5.44. The molecule has 2 atom stereocenters. The molecule has 0 radical (unpaired) electrons. The van der Waals surface area contributed by atoms with Crippen LogP contribution in [0.4, 0.5) is 4.79 Å². The Bertz CT molecular complexity index is 322. The van der Waals surface area contributed by atoms with Crippen LogP contribution in [0.2, 0.25) is 0 Å². The van der Waals surface area contributed by atoms with Crippen LogP contribution >= 0.6 is 0 Å². The van der Waals surface area contributed by atoms with Crippen LogP contribution in [0.1, 0.15) is 32.6 Å². The lowest BCUT2D eigenvalue weighted by Gasteiger charge is -2.27. The summed E-state index contributed by atoms with van der Waals surface area (Å²) in [6, 6.07) is 0.190. The van der Waals surface area contributed by atoms with Gasteiger partial charge in [0.25, 0.3) is 0 Å². The molecule has 1 rings (SSSR count). The molecule has 2 amide bonds. The molecule has 0 saturated carbocycles. The van der Waals surface area contributed by atoms with Gasteiger partial charge in [-0.1, -0.05) is 0 Å². The van der Waals surface area contributed by atoms with Crippen LogP contribution in [0.5, 0.6) is 0 Å². The van der Waals surface area contributed by atoms with Gasteiger partial charge in [-0.3, -0.25) is 4.79 Å². The van der Waals surface area contributed by atoms with Gasteiger partial charge in [-0.05, 0) is 39.8 Å². The summed E-state index contributed by atoms with van der Waals surface area (Å²) in [5, 5.41) is 11.4. The summed E-state index contributed by atoms with van der Waals surface area (Å²) in [6.07, 6.45) is 2.85. The van der Waals surface area contributed by atoms with Crippen molar-refractivity contribution in [3.05, 3.63) is 0 Å². The zero-order valence-corrected chi connectivity index (χ0v) is 12.1. The average molecular weight is 271 g/mol. The van der Waals surface area contributed by atoms with Gasteiger partial charge < -0.3 is 20.2 Å². The summed E-state index contributed by atoms with van der Waals surface area (Å²) in [5.74, 6) is -0.831. The van der Waals surface area contributed by atoms with Gasteiger partial charge in [0, 0.05) is 32.1 Å². The second kappa shape index (κ2) is 7.33. The smallest absolute Gasteiger partial charge is 0.317 e. The standard InChI is InChI=1S/C13H25N3O3/c1-10(6-7-12(17)18)14-13(19)16(3)9-11-5-4-8-15(11)2/h10-11H,4-9H2,1-3H3,(H,14,19)(H,17,18). The molecule has 19 heavy (non-hydrogen) atoms. The molecule has 6 heteroatoms. The molecule has 1 aliphatic rings. The molecule has 0 bridgehead atoms. The van der Waals surface area contributed by atoms with Gasteiger partial charge in [0.05, 0.1) is 0 Å². The lowest BCUT2D eigenvalue weighted by atomic mass is 10.2. The van der Waals surface area contributed by atoms with Crippen molar-refractivity contribution in [2.45, 2.75) is 44.7 Å². The fourth-order valence-corrected chi connectivity index (χ4v) is 2.34. The van der Waals surface area contributed by atoms with Gasteiger partial charge >= 0.3 is 12.0 Å². The van der Waals surface area contributed by atoms with Crippen LogP contribution in [0.15, 0.2) is 0 Å². The highest BCUT2D eigenvalue weighted by Crippen LogP contribution is 2.15. The Labute approximate surface area is 114 Å². The van der Waals surface area contributed by atoms with E-state index >= 15 is 0 Å². The third-order valence-electron chi connectivity index (χ3n) is 3.66. The first-order valence-corrected chi connectivity index (χ1v) is 6.83. The van der Waals surface area contributed by atoms with E-state index in [4.69, 9.17) is 5.11 Å². The SMILES string of the molecule is CC(CCC(=O)O)NC(=O)N(C)CC1CCCN1C. The van der Waals surface area contributed by atoms with E-state index in [-0.39, 0.29) is 18.5 Å². The predicted molar refractivity (Wildman–Crippen MR) is 73.1 cm³/mol. The van der Waals surface area contributed by atoms with Crippen molar-refractivity contribution in [2.24, 2.45) is 0 Å². The minimum Gasteiger partial charge on any atom is -0.481 e. The summed E-state index contributed by atoms with van der Waals surface area (Å²) in [7, 11) is 3.87. The predicted octanol–water partition coefficient (Wildman–Crippen LogP) is 0.975. The van der Waals surface area contributed by atoms with Gasteiger partial charge in [-0.15, -0.1) is 0 Å². The van der Waals surface area contributed by atoms with Gasteiger partial charge in [0.1, 0.15) is 0 Å². The minimum atomic E-state index is -0.831. The number of aliphatic carboxylic acids is 1. The quantitative estimate of drug-likeness (QED) is 0.755.